The lowest BCUT2D eigenvalue weighted by molar-refractivity contribution is -0.0410. The fourth-order valence-electron chi connectivity index (χ4n) is 3.44. The lowest BCUT2D eigenvalue weighted by atomic mass is 9.75. The fourth-order valence-corrected chi connectivity index (χ4v) is 3.44. The highest BCUT2D eigenvalue weighted by Crippen LogP contribution is 2.44. The molecule has 0 aliphatic heterocycles. The molecule has 0 radical (unpaired) electrons. The Bertz CT molecular complexity index is 644. The lowest BCUT2D eigenvalue weighted by Gasteiger charge is -2.49. The minimum atomic E-state index is 0.00842. The number of fused-ring (bicyclic) bond motifs is 1. The number of para-hydroxylation sites is 2. The predicted octanol–water partition coefficient (Wildman–Crippen LogP) is 2.51. The molecular formula is C17H21N3O. The molecule has 2 aromatic rings. The van der Waals surface area contributed by atoms with Crippen LogP contribution in [0.3, 0.4) is 0 Å². The van der Waals surface area contributed by atoms with Gasteiger partial charge in [0.05, 0.1) is 29.5 Å². The second-order valence-electron chi connectivity index (χ2n) is 6.45. The molecule has 4 nitrogen and oxygen atoms in total. The van der Waals surface area contributed by atoms with Crippen LogP contribution in [0.4, 0.5) is 0 Å². The van der Waals surface area contributed by atoms with E-state index in [4.69, 9.17) is 4.98 Å². The quantitative estimate of drug-likeness (QED) is 0.916. The molecule has 1 N–H and O–H groups in total. The van der Waals surface area contributed by atoms with Gasteiger partial charge in [-0.25, -0.2) is 4.98 Å². The van der Waals surface area contributed by atoms with E-state index >= 15 is 0 Å². The second kappa shape index (κ2) is 5.04. The van der Waals surface area contributed by atoms with Gasteiger partial charge in [0.15, 0.2) is 0 Å². The molecule has 0 amide bonds. The Hall–Kier alpha value is -1.52. The van der Waals surface area contributed by atoms with Gasteiger partial charge in [0.25, 0.3) is 0 Å². The molecule has 0 saturated heterocycles. The Morgan fingerprint density at radius 3 is 2.57 bits per heavy atom. The SMILES string of the molecule is OCC1(N(Cc2cnc3ccccc3n2)C2CC2)CCC1. The van der Waals surface area contributed by atoms with Gasteiger partial charge in [-0.05, 0) is 44.2 Å². The third kappa shape index (κ3) is 2.32. The van der Waals surface area contributed by atoms with Crippen molar-refractivity contribution in [3.8, 4) is 0 Å². The third-order valence-corrected chi connectivity index (χ3v) is 5.01. The van der Waals surface area contributed by atoms with E-state index < -0.39 is 0 Å². The van der Waals surface area contributed by atoms with E-state index in [0.717, 1.165) is 36.1 Å². The van der Waals surface area contributed by atoms with Crippen LogP contribution in [0.1, 0.15) is 37.8 Å². The first-order chi connectivity index (χ1) is 10.3. The van der Waals surface area contributed by atoms with Crippen molar-refractivity contribution in [2.45, 2.75) is 50.2 Å². The predicted molar refractivity (Wildman–Crippen MR) is 81.8 cm³/mol. The van der Waals surface area contributed by atoms with Crippen LogP contribution in [0.15, 0.2) is 30.5 Å². The largest absolute Gasteiger partial charge is 0.394 e. The van der Waals surface area contributed by atoms with Gasteiger partial charge in [0, 0.05) is 18.1 Å². The van der Waals surface area contributed by atoms with Crippen LogP contribution in [-0.4, -0.2) is 38.2 Å². The van der Waals surface area contributed by atoms with Crippen LogP contribution in [0.2, 0.25) is 0 Å². The third-order valence-electron chi connectivity index (χ3n) is 5.01. The summed E-state index contributed by atoms with van der Waals surface area (Å²) in [6.07, 6.45) is 7.85. The molecule has 0 bridgehead atoms. The van der Waals surface area contributed by atoms with E-state index in [9.17, 15) is 5.11 Å². The van der Waals surface area contributed by atoms with E-state index in [1.165, 1.54) is 19.3 Å². The average molecular weight is 283 g/mol. The molecule has 2 fully saturated rings. The number of nitrogens with zero attached hydrogens (tertiary/aromatic N) is 3. The standard InChI is InChI=1S/C17H21N3O/c21-12-17(8-3-9-17)20(14-6-7-14)11-13-10-18-15-4-1-2-5-16(15)19-13/h1-2,4-5,10,14,21H,3,6-9,11-12H2. The minimum absolute atomic E-state index is 0.00842. The van der Waals surface area contributed by atoms with Crippen LogP contribution >= 0.6 is 0 Å². The van der Waals surface area contributed by atoms with E-state index in [0.29, 0.717) is 6.04 Å². The monoisotopic (exact) mass is 283 g/mol. The molecule has 1 aromatic heterocycles. The lowest BCUT2D eigenvalue weighted by Crippen LogP contribution is -2.57. The first-order valence-electron chi connectivity index (χ1n) is 7.89. The number of hydrogen-bond donors (Lipinski definition) is 1. The first kappa shape index (κ1) is 13.2. The second-order valence-corrected chi connectivity index (χ2v) is 6.45. The van der Waals surface area contributed by atoms with Gasteiger partial charge in [-0.3, -0.25) is 9.88 Å². The van der Waals surface area contributed by atoms with Gasteiger partial charge in [0.2, 0.25) is 0 Å². The summed E-state index contributed by atoms with van der Waals surface area (Å²) in [6.45, 7) is 1.08. The van der Waals surface area contributed by atoms with Crippen molar-refractivity contribution in [1.29, 1.82) is 0 Å². The smallest absolute Gasteiger partial charge is 0.0890 e. The zero-order valence-corrected chi connectivity index (χ0v) is 12.2. The summed E-state index contributed by atoms with van der Waals surface area (Å²) in [5, 5.41) is 9.86. The summed E-state index contributed by atoms with van der Waals surface area (Å²) in [7, 11) is 0. The molecule has 1 aromatic carbocycles. The fraction of sp³-hybridized carbons (Fsp3) is 0.529. The summed E-state index contributed by atoms with van der Waals surface area (Å²) in [4.78, 5) is 11.8. The molecule has 0 spiro atoms. The van der Waals surface area contributed by atoms with Crippen molar-refractivity contribution in [3.05, 3.63) is 36.2 Å². The molecule has 0 unspecified atom stereocenters. The normalized spacial score (nSPS) is 20.7. The molecule has 2 aliphatic rings. The summed E-state index contributed by atoms with van der Waals surface area (Å²) in [6, 6.07) is 8.62. The Balaban J connectivity index is 1.62. The van der Waals surface area contributed by atoms with Crippen LogP contribution < -0.4 is 0 Å². The maximum absolute atomic E-state index is 9.86. The Morgan fingerprint density at radius 2 is 1.95 bits per heavy atom. The van der Waals surface area contributed by atoms with Crippen molar-refractivity contribution in [2.75, 3.05) is 6.61 Å². The van der Waals surface area contributed by atoms with E-state index in [1.54, 1.807) is 0 Å². The maximum Gasteiger partial charge on any atom is 0.0890 e. The molecule has 21 heavy (non-hydrogen) atoms. The van der Waals surface area contributed by atoms with Crippen LogP contribution in [0.25, 0.3) is 11.0 Å². The molecule has 4 rings (SSSR count). The highest BCUT2D eigenvalue weighted by molar-refractivity contribution is 5.73. The Morgan fingerprint density at radius 1 is 1.19 bits per heavy atom. The zero-order valence-electron chi connectivity index (χ0n) is 12.2. The number of aliphatic hydroxyl groups excluding tert-OH is 1. The molecule has 2 saturated carbocycles. The van der Waals surface area contributed by atoms with Gasteiger partial charge < -0.3 is 5.11 Å². The number of aliphatic hydroxyl groups is 1. The summed E-state index contributed by atoms with van der Waals surface area (Å²) >= 11 is 0. The molecule has 1 heterocycles. The average Bonchev–Trinajstić information content (AvgIpc) is 3.30. The highest BCUT2D eigenvalue weighted by atomic mass is 16.3. The molecular weight excluding hydrogens is 262 g/mol. The Kier molecular flexibility index (Phi) is 3.16. The number of hydrogen-bond acceptors (Lipinski definition) is 4. The molecule has 2 aliphatic carbocycles. The van der Waals surface area contributed by atoms with Gasteiger partial charge in [-0.1, -0.05) is 12.1 Å². The van der Waals surface area contributed by atoms with Crippen molar-refractivity contribution in [3.63, 3.8) is 0 Å². The maximum atomic E-state index is 9.86. The Labute approximate surface area is 124 Å². The number of benzene rings is 1. The molecule has 4 heteroatoms. The number of aromatic nitrogens is 2. The van der Waals surface area contributed by atoms with Crippen molar-refractivity contribution in [2.24, 2.45) is 0 Å². The summed E-state index contributed by atoms with van der Waals surface area (Å²) < 4.78 is 0. The van der Waals surface area contributed by atoms with E-state index in [2.05, 4.69) is 9.88 Å². The van der Waals surface area contributed by atoms with Crippen molar-refractivity contribution >= 4 is 11.0 Å². The van der Waals surface area contributed by atoms with Gasteiger partial charge >= 0.3 is 0 Å². The topological polar surface area (TPSA) is 49.2 Å². The molecule has 110 valence electrons. The first-order valence-corrected chi connectivity index (χ1v) is 7.89. The number of rotatable bonds is 5. The zero-order chi connectivity index (χ0) is 14.3. The van der Waals surface area contributed by atoms with Crippen molar-refractivity contribution < 1.29 is 5.11 Å². The molecule has 0 atom stereocenters. The van der Waals surface area contributed by atoms with Gasteiger partial charge in [-0.2, -0.15) is 0 Å². The van der Waals surface area contributed by atoms with Gasteiger partial charge in [-0.15, -0.1) is 0 Å². The van der Waals surface area contributed by atoms with Crippen LogP contribution in [-0.2, 0) is 6.54 Å². The summed E-state index contributed by atoms with van der Waals surface area (Å²) in [5.41, 5.74) is 2.92. The highest BCUT2D eigenvalue weighted by Gasteiger charge is 2.47. The van der Waals surface area contributed by atoms with Gasteiger partial charge in [0.1, 0.15) is 0 Å². The van der Waals surface area contributed by atoms with Crippen LogP contribution in [0, 0.1) is 0 Å². The van der Waals surface area contributed by atoms with E-state index in [1.807, 2.05) is 30.5 Å². The summed E-state index contributed by atoms with van der Waals surface area (Å²) in [5.74, 6) is 0. The minimum Gasteiger partial charge on any atom is -0.394 e. The van der Waals surface area contributed by atoms with Crippen molar-refractivity contribution in [1.82, 2.24) is 14.9 Å². The van der Waals surface area contributed by atoms with E-state index in [-0.39, 0.29) is 12.1 Å². The van der Waals surface area contributed by atoms with Crippen LogP contribution in [0.5, 0.6) is 0 Å².